The van der Waals surface area contributed by atoms with Crippen molar-refractivity contribution in [1.82, 2.24) is 15.4 Å². The van der Waals surface area contributed by atoms with Gasteiger partial charge >= 0.3 is 0 Å². The first kappa shape index (κ1) is 18.4. The molecule has 2 N–H and O–H groups in total. The number of hydrazine groups is 1. The van der Waals surface area contributed by atoms with E-state index >= 15 is 0 Å². The molecule has 0 aliphatic heterocycles. The van der Waals surface area contributed by atoms with E-state index in [9.17, 15) is 4.79 Å². The van der Waals surface area contributed by atoms with Crippen LogP contribution in [0.5, 0.6) is 0 Å². The number of benzene rings is 3. The maximum absolute atomic E-state index is 12.3. The summed E-state index contributed by atoms with van der Waals surface area (Å²) >= 11 is 9.36. The van der Waals surface area contributed by atoms with Crippen molar-refractivity contribution in [3.05, 3.63) is 87.9 Å². The molecule has 1 amide bonds. The van der Waals surface area contributed by atoms with Gasteiger partial charge in [-0.25, -0.2) is 9.97 Å². The number of carbonyl (C=O) groups excluding carboxylic acids is 1. The number of amides is 1. The Bertz CT molecular complexity index is 1150. The Morgan fingerprint density at radius 1 is 0.929 bits per heavy atom. The predicted octanol–water partition coefficient (Wildman–Crippen LogP) is 5.47. The average Bonchev–Trinajstić information content (AvgIpc) is 2.72. The molecule has 0 fully saturated rings. The molecule has 138 valence electrons. The first-order chi connectivity index (χ1) is 13.6. The first-order valence-electron chi connectivity index (χ1n) is 8.45. The molecule has 0 aliphatic carbocycles. The minimum atomic E-state index is -0.308. The molecule has 4 aromatic rings. The third-order valence-corrected chi connectivity index (χ3v) is 4.84. The molecule has 0 unspecified atom stereocenters. The fraction of sp³-hybridized carbons (Fsp3) is 0. The van der Waals surface area contributed by atoms with E-state index in [0.717, 1.165) is 26.6 Å². The van der Waals surface area contributed by atoms with Crippen LogP contribution in [0.2, 0.25) is 5.02 Å². The van der Waals surface area contributed by atoms with Crippen molar-refractivity contribution in [3.63, 3.8) is 0 Å². The van der Waals surface area contributed by atoms with Crippen LogP contribution in [0.3, 0.4) is 0 Å². The zero-order valence-electron chi connectivity index (χ0n) is 14.5. The summed E-state index contributed by atoms with van der Waals surface area (Å²) in [6.45, 7) is 0. The molecule has 1 aromatic heterocycles. The van der Waals surface area contributed by atoms with E-state index in [-0.39, 0.29) is 5.91 Å². The molecule has 0 radical (unpaired) electrons. The number of aromatic nitrogens is 2. The van der Waals surface area contributed by atoms with Crippen LogP contribution in [-0.2, 0) is 0 Å². The molecule has 7 heteroatoms. The van der Waals surface area contributed by atoms with Gasteiger partial charge in [-0.3, -0.25) is 15.6 Å². The van der Waals surface area contributed by atoms with Crippen molar-refractivity contribution in [2.24, 2.45) is 0 Å². The lowest BCUT2D eigenvalue weighted by Gasteiger charge is -2.11. The highest BCUT2D eigenvalue weighted by molar-refractivity contribution is 9.10. The van der Waals surface area contributed by atoms with Gasteiger partial charge in [0.2, 0.25) is 5.95 Å². The predicted molar refractivity (Wildman–Crippen MR) is 115 cm³/mol. The maximum Gasteiger partial charge on any atom is 0.269 e. The number of anilines is 1. The highest BCUT2D eigenvalue weighted by Gasteiger charge is 2.11. The summed E-state index contributed by atoms with van der Waals surface area (Å²) in [5.41, 5.74) is 8.40. The fourth-order valence-corrected chi connectivity index (χ4v) is 3.25. The quantitative estimate of drug-likeness (QED) is 0.402. The van der Waals surface area contributed by atoms with Crippen LogP contribution < -0.4 is 10.9 Å². The van der Waals surface area contributed by atoms with Gasteiger partial charge in [-0.15, -0.1) is 0 Å². The maximum atomic E-state index is 12.3. The molecule has 0 spiro atoms. The standard InChI is InChI=1S/C21H14BrClN4O/c22-15-8-11-18-17(12-15)19(13-4-2-1-3-5-13)25-21(24-18)27-26-20(28)14-6-9-16(23)10-7-14/h1-12H,(H,26,28)(H,24,25,27). The Balaban J connectivity index is 1.67. The second kappa shape index (κ2) is 7.96. The molecule has 28 heavy (non-hydrogen) atoms. The second-order valence-electron chi connectivity index (χ2n) is 6.01. The van der Waals surface area contributed by atoms with E-state index < -0.39 is 0 Å². The summed E-state index contributed by atoms with van der Waals surface area (Å²) in [4.78, 5) is 21.4. The van der Waals surface area contributed by atoms with Gasteiger partial charge in [0.25, 0.3) is 5.91 Å². The smallest absolute Gasteiger partial charge is 0.267 e. The molecular weight excluding hydrogens is 440 g/mol. The van der Waals surface area contributed by atoms with E-state index in [0.29, 0.717) is 16.5 Å². The molecule has 4 rings (SSSR count). The second-order valence-corrected chi connectivity index (χ2v) is 7.36. The van der Waals surface area contributed by atoms with Gasteiger partial charge < -0.3 is 0 Å². The zero-order chi connectivity index (χ0) is 19.5. The highest BCUT2D eigenvalue weighted by atomic mass is 79.9. The number of hydrogen-bond acceptors (Lipinski definition) is 4. The van der Waals surface area contributed by atoms with Crippen LogP contribution in [-0.4, -0.2) is 15.9 Å². The molecule has 0 atom stereocenters. The molecule has 0 bridgehead atoms. The van der Waals surface area contributed by atoms with E-state index in [2.05, 4.69) is 36.7 Å². The number of rotatable bonds is 4. The number of hydrogen-bond donors (Lipinski definition) is 2. The Kier molecular flexibility index (Phi) is 5.23. The van der Waals surface area contributed by atoms with Crippen molar-refractivity contribution in [1.29, 1.82) is 0 Å². The molecule has 0 saturated heterocycles. The molecule has 0 aliphatic rings. The SMILES string of the molecule is O=C(NNc1nc(-c2ccccc2)c2cc(Br)ccc2n1)c1ccc(Cl)cc1. The van der Waals surface area contributed by atoms with Crippen LogP contribution in [0, 0.1) is 0 Å². The minimum absolute atomic E-state index is 0.302. The van der Waals surface area contributed by atoms with Crippen molar-refractivity contribution < 1.29 is 4.79 Å². The van der Waals surface area contributed by atoms with Gasteiger partial charge in [-0.05, 0) is 42.5 Å². The number of halogens is 2. The average molecular weight is 454 g/mol. The number of nitrogens with zero attached hydrogens (tertiary/aromatic N) is 2. The number of fused-ring (bicyclic) bond motifs is 1. The van der Waals surface area contributed by atoms with Gasteiger partial charge in [0.1, 0.15) is 0 Å². The summed E-state index contributed by atoms with van der Waals surface area (Å²) in [6, 6.07) is 22.2. The monoisotopic (exact) mass is 452 g/mol. The van der Waals surface area contributed by atoms with E-state index in [1.165, 1.54) is 0 Å². The molecule has 1 heterocycles. The third-order valence-electron chi connectivity index (χ3n) is 4.10. The first-order valence-corrected chi connectivity index (χ1v) is 9.62. The molecule has 3 aromatic carbocycles. The lowest BCUT2D eigenvalue weighted by Crippen LogP contribution is -2.30. The van der Waals surface area contributed by atoms with E-state index in [1.807, 2.05) is 48.5 Å². The van der Waals surface area contributed by atoms with Gasteiger partial charge in [-0.1, -0.05) is 57.9 Å². The van der Waals surface area contributed by atoms with Crippen LogP contribution in [0.15, 0.2) is 77.3 Å². The summed E-state index contributed by atoms with van der Waals surface area (Å²) in [5.74, 6) is -0.00609. The number of carbonyl (C=O) groups is 1. The van der Waals surface area contributed by atoms with Crippen molar-refractivity contribution in [3.8, 4) is 11.3 Å². The van der Waals surface area contributed by atoms with Gasteiger partial charge in [0.05, 0.1) is 11.2 Å². The molecule has 5 nitrogen and oxygen atoms in total. The largest absolute Gasteiger partial charge is 0.269 e. The van der Waals surface area contributed by atoms with Crippen molar-refractivity contribution >= 4 is 50.3 Å². The Morgan fingerprint density at radius 3 is 2.43 bits per heavy atom. The van der Waals surface area contributed by atoms with E-state index in [4.69, 9.17) is 11.6 Å². The topological polar surface area (TPSA) is 66.9 Å². The Labute approximate surface area is 174 Å². The summed E-state index contributed by atoms with van der Waals surface area (Å²) in [7, 11) is 0. The summed E-state index contributed by atoms with van der Waals surface area (Å²) in [5, 5.41) is 1.48. The van der Waals surface area contributed by atoms with Gasteiger partial charge in [0.15, 0.2) is 0 Å². The lowest BCUT2D eigenvalue weighted by atomic mass is 10.1. The summed E-state index contributed by atoms with van der Waals surface area (Å²) < 4.78 is 0.942. The minimum Gasteiger partial charge on any atom is -0.267 e. The van der Waals surface area contributed by atoms with Crippen molar-refractivity contribution in [2.45, 2.75) is 0 Å². The molecule has 0 saturated carbocycles. The summed E-state index contributed by atoms with van der Waals surface area (Å²) in [6.07, 6.45) is 0. The van der Waals surface area contributed by atoms with Crippen LogP contribution >= 0.6 is 27.5 Å². The number of nitrogens with one attached hydrogen (secondary N) is 2. The highest BCUT2D eigenvalue weighted by Crippen LogP contribution is 2.29. The van der Waals surface area contributed by atoms with E-state index in [1.54, 1.807) is 24.3 Å². The van der Waals surface area contributed by atoms with Gasteiger partial charge in [-0.2, -0.15) is 0 Å². The lowest BCUT2D eigenvalue weighted by molar-refractivity contribution is 0.0962. The zero-order valence-corrected chi connectivity index (χ0v) is 16.8. The van der Waals surface area contributed by atoms with Crippen LogP contribution in [0.4, 0.5) is 5.95 Å². The van der Waals surface area contributed by atoms with Crippen LogP contribution in [0.25, 0.3) is 22.2 Å². The molecular formula is C21H14BrClN4O. The van der Waals surface area contributed by atoms with Gasteiger partial charge in [0, 0.05) is 26.0 Å². The Hall–Kier alpha value is -2.96. The van der Waals surface area contributed by atoms with Crippen molar-refractivity contribution in [2.75, 3.05) is 5.43 Å². The van der Waals surface area contributed by atoms with Crippen LogP contribution in [0.1, 0.15) is 10.4 Å². The fourth-order valence-electron chi connectivity index (χ4n) is 2.76. The normalized spacial score (nSPS) is 10.6. The Morgan fingerprint density at radius 2 is 1.68 bits per heavy atom. The third kappa shape index (κ3) is 3.98.